The summed E-state index contributed by atoms with van der Waals surface area (Å²) in [6.07, 6.45) is 0.794. The second-order valence-corrected chi connectivity index (χ2v) is 8.48. The lowest BCUT2D eigenvalue weighted by Crippen LogP contribution is -2.00. The van der Waals surface area contributed by atoms with Crippen LogP contribution in [0.15, 0.2) is 58.2 Å². The summed E-state index contributed by atoms with van der Waals surface area (Å²) >= 11 is 1.51. The molecule has 0 radical (unpaired) electrons. The van der Waals surface area contributed by atoms with Crippen molar-refractivity contribution in [1.82, 2.24) is 24.9 Å². The third-order valence-corrected chi connectivity index (χ3v) is 5.62. The van der Waals surface area contributed by atoms with Crippen LogP contribution in [0.2, 0.25) is 0 Å². The Hall–Kier alpha value is -3.33. The molecule has 0 bridgehead atoms. The summed E-state index contributed by atoms with van der Waals surface area (Å²) in [5, 5.41) is 13.7. The molecule has 9 heteroatoms. The van der Waals surface area contributed by atoms with E-state index in [-0.39, 0.29) is 6.79 Å². The van der Waals surface area contributed by atoms with E-state index in [1.54, 1.807) is 0 Å². The predicted molar refractivity (Wildman–Crippen MR) is 115 cm³/mol. The largest absolute Gasteiger partial charge is 0.454 e. The highest BCUT2D eigenvalue weighted by Gasteiger charge is 2.20. The van der Waals surface area contributed by atoms with Crippen molar-refractivity contribution in [2.75, 3.05) is 6.79 Å². The zero-order valence-corrected chi connectivity index (χ0v) is 18.0. The Morgan fingerprint density at radius 3 is 2.71 bits per heavy atom. The zero-order chi connectivity index (χ0) is 21.2. The van der Waals surface area contributed by atoms with E-state index in [0.29, 0.717) is 23.3 Å². The molecule has 0 fully saturated rings. The molecule has 2 aromatic carbocycles. The van der Waals surface area contributed by atoms with Gasteiger partial charge < -0.3 is 14.0 Å². The summed E-state index contributed by atoms with van der Waals surface area (Å²) in [6.45, 7) is 4.49. The molecule has 8 nitrogen and oxygen atoms in total. The molecular weight excluding hydrogens is 414 g/mol. The minimum absolute atomic E-state index is 0.230. The second-order valence-electron chi connectivity index (χ2n) is 7.54. The van der Waals surface area contributed by atoms with Gasteiger partial charge in [-0.3, -0.25) is 4.57 Å². The van der Waals surface area contributed by atoms with Crippen LogP contribution >= 0.6 is 11.8 Å². The third kappa shape index (κ3) is 4.13. The molecular formula is C22H21N5O3S. The van der Waals surface area contributed by atoms with E-state index >= 15 is 0 Å². The first kappa shape index (κ1) is 19.6. The van der Waals surface area contributed by atoms with Crippen LogP contribution in [0.4, 0.5) is 0 Å². The van der Waals surface area contributed by atoms with Gasteiger partial charge in [-0.05, 0) is 36.2 Å². The number of benzene rings is 2. The topological polar surface area (TPSA) is 88.1 Å². The number of hydrogen-bond donors (Lipinski definition) is 0. The normalized spacial score (nSPS) is 12.6. The van der Waals surface area contributed by atoms with Crippen molar-refractivity contribution in [2.24, 2.45) is 5.92 Å². The molecule has 0 aliphatic carbocycles. The lowest BCUT2D eigenvalue weighted by Gasteiger charge is -2.10. The van der Waals surface area contributed by atoms with Gasteiger partial charge in [0.15, 0.2) is 28.3 Å². The van der Waals surface area contributed by atoms with Crippen molar-refractivity contribution in [2.45, 2.75) is 31.2 Å². The number of ether oxygens (including phenoxy) is 2. The van der Waals surface area contributed by atoms with Gasteiger partial charge in [0.25, 0.3) is 0 Å². The van der Waals surface area contributed by atoms with E-state index in [4.69, 9.17) is 14.0 Å². The fourth-order valence-corrected chi connectivity index (χ4v) is 4.11. The number of aromatic nitrogens is 5. The van der Waals surface area contributed by atoms with Crippen molar-refractivity contribution in [3.8, 4) is 28.6 Å². The number of fused-ring (bicyclic) bond motifs is 1. The quantitative estimate of drug-likeness (QED) is 0.391. The molecule has 0 atom stereocenters. The maximum atomic E-state index is 5.54. The molecule has 1 aliphatic heterocycles. The van der Waals surface area contributed by atoms with Crippen LogP contribution in [-0.2, 0) is 12.2 Å². The molecule has 0 amide bonds. The van der Waals surface area contributed by atoms with Crippen LogP contribution in [0.1, 0.15) is 25.6 Å². The minimum atomic E-state index is 0.230. The molecule has 0 N–H and O–H groups in total. The minimum Gasteiger partial charge on any atom is -0.454 e. The SMILES string of the molecule is CC(C)Cc1noc(CSc2nnc(-c3ccc4c(c3)OCO4)n2-c2ccccc2)n1. The molecule has 3 heterocycles. The second kappa shape index (κ2) is 8.43. The van der Waals surface area contributed by atoms with Crippen molar-refractivity contribution in [3.63, 3.8) is 0 Å². The molecule has 1 aliphatic rings. The Labute approximate surface area is 183 Å². The smallest absolute Gasteiger partial charge is 0.237 e. The molecule has 4 aromatic rings. The molecule has 0 saturated heterocycles. The maximum Gasteiger partial charge on any atom is 0.237 e. The summed E-state index contributed by atoms with van der Waals surface area (Å²) in [6, 6.07) is 15.8. The van der Waals surface area contributed by atoms with Crippen LogP contribution in [0, 0.1) is 5.92 Å². The Morgan fingerprint density at radius 2 is 1.87 bits per heavy atom. The van der Waals surface area contributed by atoms with Gasteiger partial charge in [-0.15, -0.1) is 10.2 Å². The van der Waals surface area contributed by atoms with E-state index in [9.17, 15) is 0 Å². The average Bonchev–Trinajstić information content (AvgIpc) is 3.51. The zero-order valence-electron chi connectivity index (χ0n) is 17.2. The molecule has 2 aromatic heterocycles. The van der Waals surface area contributed by atoms with Crippen LogP contribution in [0.3, 0.4) is 0 Å². The fourth-order valence-electron chi connectivity index (χ4n) is 3.32. The van der Waals surface area contributed by atoms with E-state index in [1.807, 2.05) is 53.1 Å². The predicted octanol–water partition coefficient (Wildman–Crippen LogP) is 4.54. The molecule has 0 spiro atoms. The monoisotopic (exact) mass is 435 g/mol. The van der Waals surface area contributed by atoms with Crippen LogP contribution in [0.5, 0.6) is 11.5 Å². The molecule has 5 rings (SSSR count). The Morgan fingerprint density at radius 1 is 1.03 bits per heavy atom. The van der Waals surface area contributed by atoms with E-state index in [2.05, 4.69) is 34.2 Å². The molecule has 0 unspecified atom stereocenters. The number of rotatable bonds is 7. The number of thioether (sulfide) groups is 1. The van der Waals surface area contributed by atoms with Crippen molar-refractivity contribution in [3.05, 3.63) is 60.2 Å². The standard InChI is InChI=1S/C22H21N5O3S/c1-14(2)10-19-23-20(30-26-19)12-31-22-25-24-21(27(22)16-6-4-3-5-7-16)15-8-9-17-18(11-15)29-13-28-17/h3-9,11,14H,10,12-13H2,1-2H3. The first-order valence-corrected chi connectivity index (χ1v) is 11.0. The van der Waals surface area contributed by atoms with Gasteiger partial charge in [-0.2, -0.15) is 4.98 Å². The Bertz CT molecular complexity index is 1190. The highest BCUT2D eigenvalue weighted by molar-refractivity contribution is 7.98. The Balaban J connectivity index is 1.46. The van der Waals surface area contributed by atoms with Gasteiger partial charge in [-0.1, -0.05) is 49.0 Å². The van der Waals surface area contributed by atoms with Gasteiger partial charge >= 0.3 is 0 Å². The van der Waals surface area contributed by atoms with Gasteiger partial charge in [0.05, 0.1) is 5.75 Å². The summed E-state index contributed by atoms with van der Waals surface area (Å²) in [7, 11) is 0. The first-order valence-electron chi connectivity index (χ1n) is 10.0. The van der Waals surface area contributed by atoms with E-state index in [0.717, 1.165) is 40.2 Å². The van der Waals surface area contributed by atoms with Crippen molar-refractivity contribution in [1.29, 1.82) is 0 Å². The highest BCUT2D eigenvalue weighted by Crippen LogP contribution is 2.37. The van der Waals surface area contributed by atoms with Crippen LogP contribution in [0.25, 0.3) is 17.1 Å². The number of hydrogen-bond acceptors (Lipinski definition) is 8. The fraction of sp³-hybridized carbons (Fsp3) is 0.273. The van der Waals surface area contributed by atoms with Gasteiger partial charge in [0, 0.05) is 17.7 Å². The summed E-state index contributed by atoms with van der Waals surface area (Å²) in [4.78, 5) is 4.49. The number of para-hydroxylation sites is 1. The van der Waals surface area contributed by atoms with E-state index < -0.39 is 0 Å². The third-order valence-electron chi connectivity index (χ3n) is 4.70. The van der Waals surface area contributed by atoms with Gasteiger partial charge in [-0.25, -0.2) is 0 Å². The molecule has 31 heavy (non-hydrogen) atoms. The maximum absolute atomic E-state index is 5.54. The van der Waals surface area contributed by atoms with Gasteiger partial charge in [0.2, 0.25) is 12.7 Å². The average molecular weight is 436 g/mol. The summed E-state index contributed by atoms with van der Waals surface area (Å²) in [5.74, 6) is 4.46. The van der Waals surface area contributed by atoms with Crippen molar-refractivity contribution >= 4 is 11.8 Å². The lowest BCUT2D eigenvalue weighted by atomic mass is 10.1. The van der Waals surface area contributed by atoms with Crippen LogP contribution < -0.4 is 9.47 Å². The number of nitrogens with zero attached hydrogens (tertiary/aromatic N) is 5. The van der Waals surface area contributed by atoms with Crippen molar-refractivity contribution < 1.29 is 14.0 Å². The molecule has 158 valence electrons. The summed E-state index contributed by atoms with van der Waals surface area (Å²) < 4.78 is 18.4. The molecule has 0 saturated carbocycles. The first-order chi connectivity index (χ1) is 15.2. The highest BCUT2D eigenvalue weighted by atomic mass is 32.2. The van der Waals surface area contributed by atoms with Crippen LogP contribution in [-0.4, -0.2) is 31.7 Å². The van der Waals surface area contributed by atoms with Gasteiger partial charge in [0.1, 0.15) is 0 Å². The summed E-state index contributed by atoms with van der Waals surface area (Å²) in [5.41, 5.74) is 1.86. The Kier molecular flexibility index (Phi) is 5.33. The lowest BCUT2D eigenvalue weighted by molar-refractivity contribution is 0.174. The van der Waals surface area contributed by atoms with E-state index in [1.165, 1.54) is 11.8 Å².